The first-order chi connectivity index (χ1) is 12.8. The van der Waals surface area contributed by atoms with Gasteiger partial charge < -0.3 is 0 Å². The topological polar surface area (TPSA) is 0 Å². The number of benzene rings is 4. The third kappa shape index (κ3) is 2.81. The molecule has 4 aromatic carbocycles. The zero-order valence-corrected chi connectivity index (χ0v) is 17.1. The van der Waals surface area contributed by atoms with Gasteiger partial charge in [-0.15, -0.1) is 0 Å². The van der Waals surface area contributed by atoms with Crippen LogP contribution in [0.3, 0.4) is 0 Å². The van der Waals surface area contributed by atoms with Gasteiger partial charge in [0, 0.05) is 0 Å². The maximum absolute atomic E-state index is 3.05. The van der Waals surface area contributed by atoms with Crippen LogP contribution in [-0.2, 0) is 0 Å². The Labute approximate surface area is 158 Å². The van der Waals surface area contributed by atoms with Crippen LogP contribution in [0.2, 0.25) is 0 Å². The average Bonchev–Trinajstić information content (AvgIpc) is 2.72. The van der Waals surface area contributed by atoms with E-state index in [1.54, 1.807) is 0 Å². The first-order valence-corrected chi connectivity index (χ1v) is 13.3. The summed E-state index contributed by atoms with van der Waals surface area (Å²) in [4.78, 5) is 0. The molecule has 0 amide bonds. The number of hydrogen-bond donors (Lipinski definition) is 0. The second-order valence-corrected chi connectivity index (χ2v) is 14.6. The Morgan fingerprint density at radius 3 is 1.15 bits per heavy atom. The molecule has 0 nitrogen and oxygen atoms in total. The molecule has 0 aromatic heterocycles. The molecule has 0 aliphatic heterocycles. The van der Waals surface area contributed by atoms with E-state index in [1.165, 1.54) is 23.0 Å². The van der Waals surface area contributed by atoms with Crippen LogP contribution < -0.4 is 17.4 Å². The van der Waals surface area contributed by atoms with Gasteiger partial charge in [0.25, 0.3) is 0 Å². The maximum atomic E-state index is 2.35. The molecule has 0 unspecified atom stereocenters. The molecule has 0 bridgehead atoms. The molecule has 0 aliphatic carbocycles. The van der Waals surface area contributed by atoms with Gasteiger partial charge in [-0.1, -0.05) is 0 Å². The first-order valence-electron chi connectivity index (χ1n) is 9.06. The van der Waals surface area contributed by atoms with Crippen molar-refractivity contribution in [3.05, 3.63) is 121 Å². The van der Waals surface area contributed by atoms with E-state index >= 15 is 0 Å². The fourth-order valence-electron chi connectivity index (χ4n) is 4.02. The van der Waals surface area contributed by atoms with E-state index in [9.17, 15) is 0 Å². The summed E-state index contributed by atoms with van der Waals surface area (Å²) in [6, 6.07) is 42.3. The fourth-order valence-corrected chi connectivity index (χ4v) is 14.6. The normalized spacial score (nSPS) is 11.9. The van der Waals surface area contributed by atoms with Crippen LogP contribution in [0.4, 0.5) is 0 Å². The van der Waals surface area contributed by atoms with Gasteiger partial charge in [0.15, 0.2) is 0 Å². The van der Waals surface area contributed by atoms with Crippen LogP contribution in [0.5, 0.6) is 0 Å². The van der Waals surface area contributed by atoms with Crippen molar-refractivity contribution in [1.82, 2.24) is 0 Å². The predicted octanol–water partition coefficient (Wildman–Crippen LogP) is 3.10. The van der Waals surface area contributed by atoms with Crippen molar-refractivity contribution >= 4 is 31.0 Å². The second kappa shape index (κ2) is 7.36. The van der Waals surface area contributed by atoms with Crippen LogP contribution in [0.25, 0.3) is 0 Å². The molecule has 0 fully saturated rings. The monoisotopic (exact) mass is 398 g/mol. The number of hydrogen-bond acceptors (Lipinski definition) is 0. The summed E-state index contributed by atoms with van der Waals surface area (Å²) < 4.78 is 5.92. The van der Waals surface area contributed by atoms with Gasteiger partial charge >= 0.3 is 159 Å². The zero-order valence-electron chi connectivity index (χ0n) is 15.0. The molecule has 4 aromatic rings. The van der Waals surface area contributed by atoms with Crippen LogP contribution in [-0.4, -0.2) is 13.6 Å². The summed E-state index contributed by atoms with van der Waals surface area (Å²) in [7, 11) is 0. The molecule has 0 saturated heterocycles. The molecule has 1 heteroatoms. The molecule has 4 rings (SSSR count). The van der Waals surface area contributed by atoms with Gasteiger partial charge in [-0.05, 0) is 0 Å². The Hall–Kier alpha value is -2.56. The van der Waals surface area contributed by atoms with E-state index in [-0.39, 0.29) is 0 Å². The Balaban J connectivity index is 2.17. The Kier molecular flexibility index (Phi) is 4.78. The minimum atomic E-state index is -3.05. The molecule has 0 heterocycles. The predicted molar refractivity (Wildman–Crippen MR) is 116 cm³/mol. The van der Waals surface area contributed by atoms with Crippen LogP contribution in [0.1, 0.15) is 5.56 Å². The molecule has 0 N–H and O–H groups in total. The molecule has 0 radical (unpaired) electrons. The summed E-state index contributed by atoms with van der Waals surface area (Å²) in [6.45, 7) is 2.25. The van der Waals surface area contributed by atoms with Gasteiger partial charge in [0.05, 0.1) is 0 Å². The molecule has 0 spiro atoms. The molecular weight excluding hydrogens is 375 g/mol. The summed E-state index contributed by atoms with van der Waals surface area (Å²) in [5.41, 5.74) is 1.38. The Bertz CT molecular complexity index is 879. The van der Waals surface area contributed by atoms with Gasteiger partial charge in [-0.2, -0.15) is 0 Å². The van der Waals surface area contributed by atoms with Gasteiger partial charge in [0.2, 0.25) is 0 Å². The SMILES string of the molecule is Cc1ccccc1[AsH](c1ccccc1)(c1ccccc1)c1ccccc1. The standard InChI is InChI=1S/C25H23As/c1-21-13-11-12-20-25(21)26(22-14-5-2-6-15-22,23-16-7-3-8-17-23)24-18-9-4-10-19-24/h2-20,26H,1H3. The van der Waals surface area contributed by atoms with E-state index in [1.807, 2.05) is 0 Å². The molecule has 26 heavy (non-hydrogen) atoms. The van der Waals surface area contributed by atoms with Crippen molar-refractivity contribution in [2.24, 2.45) is 0 Å². The number of rotatable bonds is 4. The summed E-state index contributed by atoms with van der Waals surface area (Å²) in [5, 5.41) is 0. The molecule has 0 aliphatic rings. The Morgan fingerprint density at radius 2 is 0.769 bits per heavy atom. The van der Waals surface area contributed by atoms with Crippen molar-refractivity contribution in [3.8, 4) is 0 Å². The second-order valence-electron chi connectivity index (χ2n) is 6.66. The van der Waals surface area contributed by atoms with Crippen LogP contribution >= 0.6 is 0 Å². The van der Waals surface area contributed by atoms with Gasteiger partial charge in [-0.3, -0.25) is 0 Å². The average molecular weight is 398 g/mol. The van der Waals surface area contributed by atoms with Crippen molar-refractivity contribution in [1.29, 1.82) is 0 Å². The van der Waals surface area contributed by atoms with Gasteiger partial charge in [-0.25, -0.2) is 0 Å². The molecule has 0 saturated carbocycles. The molecule has 128 valence electrons. The quantitative estimate of drug-likeness (QED) is 0.464. The third-order valence-electron chi connectivity index (χ3n) is 5.17. The van der Waals surface area contributed by atoms with Crippen LogP contribution in [0.15, 0.2) is 115 Å². The van der Waals surface area contributed by atoms with E-state index < -0.39 is 13.6 Å². The minimum absolute atomic E-state index is 1.38. The zero-order chi connectivity index (χ0) is 17.8. The molecule has 0 atom stereocenters. The van der Waals surface area contributed by atoms with Crippen molar-refractivity contribution in [3.63, 3.8) is 0 Å². The van der Waals surface area contributed by atoms with E-state index in [0.717, 1.165) is 0 Å². The summed E-state index contributed by atoms with van der Waals surface area (Å²) >= 11 is -3.05. The third-order valence-corrected chi connectivity index (χ3v) is 15.6. The van der Waals surface area contributed by atoms with E-state index in [4.69, 9.17) is 0 Å². The van der Waals surface area contributed by atoms with Crippen LogP contribution in [0, 0.1) is 6.92 Å². The van der Waals surface area contributed by atoms with E-state index in [0.29, 0.717) is 0 Å². The van der Waals surface area contributed by atoms with Crippen molar-refractivity contribution < 1.29 is 0 Å². The summed E-state index contributed by atoms with van der Waals surface area (Å²) in [6.07, 6.45) is 0. The van der Waals surface area contributed by atoms with Crippen molar-refractivity contribution in [2.45, 2.75) is 6.92 Å². The van der Waals surface area contributed by atoms with Crippen molar-refractivity contribution in [2.75, 3.05) is 0 Å². The summed E-state index contributed by atoms with van der Waals surface area (Å²) in [5.74, 6) is 0. The first kappa shape index (κ1) is 16.9. The van der Waals surface area contributed by atoms with E-state index in [2.05, 4.69) is 122 Å². The number of aryl methyl sites for hydroxylation is 1. The molecular formula is C25H23As. The van der Waals surface area contributed by atoms with Gasteiger partial charge in [0.1, 0.15) is 0 Å². The fraction of sp³-hybridized carbons (Fsp3) is 0.0400. The Morgan fingerprint density at radius 1 is 0.423 bits per heavy atom.